The second-order valence-electron chi connectivity index (χ2n) is 8.00. The largest absolute Gasteiger partial charge is 0.256 e. The summed E-state index contributed by atoms with van der Waals surface area (Å²) < 4.78 is 0. The van der Waals surface area contributed by atoms with Gasteiger partial charge in [0, 0.05) is 18.0 Å². The van der Waals surface area contributed by atoms with E-state index in [2.05, 4.69) is 30.1 Å². The van der Waals surface area contributed by atoms with Gasteiger partial charge in [-0.3, -0.25) is 9.97 Å². The SMILES string of the molecule is C(=C(c1ccccn1)c1ccccn1)P(C1CCCCC1)C1CCCCC1. The average molecular weight is 379 g/mol. The Bertz CT molecular complexity index is 657. The van der Waals surface area contributed by atoms with E-state index >= 15 is 0 Å². The number of pyridine rings is 2. The molecule has 27 heavy (non-hydrogen) atoms. The van der Waals surface area contributed by atoms with Gasteiger partial charge in [0.1, 0.15) is 0 Å². The Morgan fingerprint density at radius 2 is 1.19 bits per heavy atom. The van der Waals surface area contributed by atoms with Crippen molar-refractivity contribution in [2.75, 3.05) is 0 Å². The fourth-order valence-electron chi connectivity index (χ4n) is 4.72. The Kier molecular flexibility index (Phi) is 6.69. The maximum absolute atomic E-state index is 4.70. The van der Waals surface area contributed by atoms with Crippen molar-refractivity contribution in [1.82, 2.24) is 9.97 Å². The van der Waals surface area contributed by atoms with Crippen molar-refractivity contribution in [3.63, 3.8) is 0 Å². The molecular formula is C24H31N2P. The maximum Gasteiger partial charge on any atom is 0.0724 e. The van der Waals surface area contributed by atoms with Crippen LogP contribution in [0.3, 0.4) is 0 Å². The molecule has 0 aromatic carbocycles. The van der Waals surface area contributed by atoms with Crippen LogP contribution in [0.15, 0.2) is 54.6 Å². The molecule has 0 spiro atoms. The summed E-state index contributed by atoms with van der Waals surface area (Å²) in [7, 11) is -0.126. The maximum atomic E-state index is 4.70. The molecule has 0 N–H and O–H groups in total. The molecule has 0 saturated heterocycles. The molecule has 2 aromatic heterocycles. The van der Waals surface area contributed by atoms with Gasteiger partial charge >= 0.3 is 0 Å². The third-order valence-electron chi connectivity index (χ3n) is 6.15. The van der Waals surface area contributed by atoms with Gasteiger partial charge in [0.15, 0.2) is 0 Å². The molecule has 0 radical (unpaired) electrons. The van der Waals surface area contributed by atoms with Crippen molar-refractivity contribution >= 4 is 13.5 Å². The molecule has 142 valence electrons. The van der Waals surface area contributed by atoms with E-state index in [1.54, 1.807) is 0 Å². The van der Waals surface area contributed by atoms with Gasteiger partial charge in [-0.25, -0.2) is 0 Å². The van der Waals surface area contributed by atoms with Crippen molar-refractivity contribution in [1.29, 1.82) is 0 Å². The van der Waals surface area contributed by atoms with Crippen molar-refractivity contribution < 1.29 is 0 Å². The van der Waals surface area contributed by atoms with Crippen molar-refractivity contribution in [3.05, 3.63) is 66.0 Å². The third-order valence-corrected chi connectivity index (χ3v) is 9.43. The van der Waals surface area contributed by atoms with Gasteiger partial charge in [-0.1, -0.05) is 58.6 Å². The highest BCUT2D eigenvalue weighted by Gasteiger charge is 2.30. The molecule has 2 nitrogen and oxygen atoms in total. The monoisotopic (exact) mass is 378 g/mol. The zero-order chi connectivity index (χ0) is 18.3. The van der Waals surface area contributed by atoms with Gasteiger partial charge in [0.25, 0.3) is 0 Å². The van der Waals surface area contributed by atoms with Crippen molar-refractivity contribution in [2.45, 2.75) is 75.5 Å². The first-order chi connectivity index (χ1) is 13.4. The predicted molar refractivity (Wildman–Crippen MR) is 116 cm³/mol. The molecule has 0 bridgehead atoms. The summed E-state index contributed by atoms with van der Waals surface area (Å²) >= 11 is 0. The summed E-state index contributed by atoms with van der Waals surface area (Å²) in [5.41, 5.74) is 5.22. The molecular weight excluding hydrogens is 347 g/mol. The van der Waals surface area contributed by atoms with Crippen LogP contribution in [0.4, 0.5) is 0 Å². The number of nitrogens with zero attached hydrogens (tertiary/aromatic N) is 2. The van der Waals surface area contributed by atoms with Crippen LogP contribution >= 0.6 is 7.92 Å². The molecule has 0 atom stereocenters. The van der Waals surface area contributed by atoms with Crippen molar-refractivity contribution in [3.8, 4) is 0 Å². The summed E-state index contributed by atoms with van der Waals surface area (Å²) in [6.45, 7) is 0. The number of aromatic nitrogens is 2. The fourth-order valence-corrected chi connectivity index (χ4v) is 8.23. The van der Waals surface area contributed by atoms with Crippen LogP contribution in [-0.4, -0.2) is 21.3 Å². The van der Waals surface area contributed by atoms with Gasteiger partial charge in [0.05, 0.1) is 11.4 Å². The molecule has 2 fully saturated rings. The Morgan fingerprint density at radius 3 is 1.59 bits per heavy atom. The standard InChI is InChI=1S/C24H31N2P/c1-3-11-20(12-4-1)27(21-13-5-2-6-14-21)19-22(23-15-7-9-17-25-23)24-16-8-10-18-26-24/h7-10,15-21H,1-6,11-14H2. The quantitative estimate of drug-likeness (QED) is 0.523. The lowest BCUT2D eigenvalue weighted by Crippen LogP contribution is -2.19. The molecule has 2 heterocycles. The topological polar surface area (TPSA) is 25.8 Å². The molecule has 2 saturated carbocycles. The Labute approximate surface area is 165 Å². The van der Waals surface area contributed by atoms with Crippen LogP contribution in [0, 0.1) is 0 Å². The predicted octanol–water partition coefficient (Wildman–Crippen LogP) is 7.01. The van der Waals surface area contributed by atoms with Crippen LogP contribution in [0.2, 0.25) is 0 Å². The lowest BCUT2D eigenvalue weighted by Gasteiger charge is -2.37. The van der Waals surface area contributed by atoms with Gasteiger partial charge in [-0.2, -0.15) is 0 Å². The highest BCUT2D eigenvalue weighted by molar-refractivity contribution is 7.62. The number of hydrogen-bond donors (Lipinski definition) is 0. The number of rotatable bonds is 5. The first kappa shape index (κ1) is 18.8. The van der Waals surface area contributed by atoms with Crippen LogP contribution < -0.4 is 0 Å². The highest BCUT2D eigenvalue weighted by atomic mass is 31.1. The molecule has 2 aliphatic carbocycles. The first-order valence-electron chi connectivity index (χ1n) is 10.7. The van der Waals surface area contributed by atoms with Gasteiger partial charge in [0.2, 0.25) is 0 Å². The molecule has 2 aliphatic rings. The summed E-state index contributed by atoms with van der Waals surface area (Å²) in [5, 5.41) is 0. The van der Waals surface area contributed by atoms with Crippen LogP contribution in [0.5, 0.6) is 0 Å². The summed E-state index contributed by atoms with van der Waals surface area (Å²) in [5.74, 6) is 2.64. The van der Waals surface area contributed by atoms with E-state index in [4.69, 9.17) is 9.97 Å². The lowest BCUT2D eigenvalue weighted by molar-refractivity contribution is 0.486. The van der Waals surface area contributed by atoms with E-state index in [-0.39, 0.29) is 7.92 Å². The Hall–Kier alpha value is -1.53. The van der Waals surface area contributed by atoms with E-state index < -0.39 is 0 Å². The molecule has 3 heteroatoms. The minimum Gasteiger partial charge on any atom is -0.256 e. The van der Waals surface area contributed by atoms with Gasteiger partial charge in [-0.05, 0) is 67.1 Å². The second-order valence-corrected chi connectivity index (χ2v) is 10.6. The molecule has 2 aromatic rings. The van der Waals surface area contributed by atoms with E-state index in [1.807, 2.05) is 24.5 Å². The fraction of sp³-hybridized carbons (Fsp3) is 0.500. The van der Waals surface area contributed by atoms with Crippen molar-refractivity contribution in [2.24, 2.45) is 0 Å². The minimum absolute atomic E-state index is 0.126. The van der Waals surface area contributed by atoms with Gasteiger partial charge in [-0.15, -0.1) is 0 Å². The summed E-state index contributed by atoms with van der Waals surface area (Å²) in [6.07, 6.45) is 18.1. The van der Waals surface area contributed by atoms with E-state index in [0.29, 0.717) is 0 Å². The number of hydrogen-bond acceptors (Lipinski definition) is 2. The zero-order valence-corrected chi connectivity index (χ0v) is 17.2. The Morgan fingerprint density at radius 1 is 0.704 bits per heavy atom. The minimum atomic E-state index is -0.126. The lowest BCUT2D eigenvalue weighted by atomic mass is 9.99. The highest BCUT2D eigenvalue weighted by Crippen LogP contribution is 2.58. The summed E-state index contributed by atoms with van der Waals surface area (Å²) in [6, 6.07) is 12.5. The van der Waals surface area contributed by atoms with E-state index in [9.17, 15) is 0 Å². The molecule has 0 amide bonds. The van der Waals surface area contributed by atoms with Gasteiger partial charge < -0.3 is 0 Å². The molecule has 4 rings (SSSR count). The average Bonchev–Trinajstić information content (AvgIpc) is 2.77. The molecule has 0 aliphatic heterocycles. The smallest absolute Gasteiger partial charge is 0.0724 e. The first-order valence-corrected chi connectivity index (χ1v) is 12.3. The molecule has 0 unspecified atom stereocenters. The summed E-state index contributed by atoms with van der Waals surface area (Å²) in [4.78, 5) is 9.40. The van der Waals surface area contributed by atoms with E-state index in [1.165, 1.54) is 69.8 Å². The van der Waals surface area contributed by atoms with E-state index in [0.717, 1.165) is 22.7 Å². The van der Waals surface area contributed by atoms with Crippen LogP contribution in [-0.2, 0) is 0 Å². The van der Waals surface area contributed by atoms with Crippen LogP contribution in [0.25, 0.3) is 5.57 Å². The van der Waals surface area contributed by atoms with Crippen LogP contribution in [0.1, 0.15) is 75.6 Å². The Balaban J connectivity index is 1.73. The zero-order valence-electron chi connectivity index (χ0n) is 16.3. The normalized spacial score (nSPS) is 19.1. The second kappa shape index (κ2) is 9.60. The third kappa shape index (κ3) is 4.85.